The number of amides is 2. The number of carbonyl (C=O) groups excluding carboxylic acids is 1. The van der Waals surface area contributed by atoms with Crippen LogP contribution >= 0.6 is 0 Å². The lowest BCUT2D eigenvalue weighted by Crippen LogP contribution is -2.47. The van der Waals surface area contributed by atoms with E-state index in [2.05, 4.69) is 16.4 Å². The molecule has 0 saturated carbocycles. The molecule has 2 unspecified atom stereocenters. The van der Waals surface area contributed by atoms with Crippen molar-refractivity contribution >= 4 is 23.1 Å². The van der Waals surface area contributed by atoms with Crippen molar-refractivity contribution in [1.29, 1.82) is 5.26 Å². The minimum absolute atomic E-state index is 0.0533. The summed E-state index contributed by atoms with van der Waals surface area (Å²) >= 11 is 0. The Morgan fingerprint density at radius 3 is 2.53 bits per heavy atom. The van der Waals surface area contributed by atoms with Crippen LogP contribution in [0.3, 0.4) is 0 Å². The summed E-state index contributed by atoms with van der Waals surface area (Å²) in [6.45, 7) is 11.1. The molecule has 1 aromatic heterocycles. The Balaban J connectivity index is 1.49. The third kappa shape index (κ3) is 4.92. The van der Waals surface area contributed by atoms with E-state index in [9.17, 15) is 20.0 Å². The molecule has 8 nitrogen and oxygen atoms in total. The number of carbonyl (C=O) groups is 2. The predicted molar refractivity (Wildman–Crippen MR) is 137 cm³/mol. The summed E-state index contributed by atoms with van der Waals surface area (Å²) in [5.74, 6) is 0.452. The Morgan fingerprint density at radius 1 is 1.25 bits per heavy atom. The number of oxazole rings is 1. The SMILES string of the molecule is CC(C)c1cc(C#N)cc2nc(-c3ccc(C(=O)NCC4CCN(C(=O)O)C4C(C)(C)C)cc3)oc12. The number of benzene rings is 2. The quantitative estimate of drug-likeness (QED) is 0.480. The molecular formula is C28H32N4O4. The molecule has 2 heterocycles. The molecule has 2 atom stereocenters. The maximum Gasteiger partial charge on any atom is 0.407 e. The Kier molecular flexibility index (Phi) is 6.77. The standard InChI is InChI=1S/C28H32N4O4/c1-16(2)21-12-17(14-29)13-22-23(21)36-26(31-22)19-8-6-18(7-9-19)25(33)30-15-20-10-11-32(27(34)35)24(20)28(3,4)5/h6-9,12-13,16,20,24H,10-11,15H2,1-5H3,(H,30,33)(H,34,35). The second kappa shape index (κ2) is 9.65. The van der Waals surface area contributed by atoms with Gasteiger partial charge in [-0.1, -0.05) is 34.6 Å². The van der Waals surface area contributed by atoms with Crippen molar-refractivity contribution < 1.29 is 19.1 Å². The summed E-state index contributed by atoms with van der Waals surface area (Å²) in [6, 6.07) is 12.6. The normalized spacial score (nSPS) is 18.0. The van der Waals surface area contributed by atoms with Gasteiger partial charge in [0.25, 0.3) is 5.91 Å². The smallest absolute Gasteiger partial charge is 0.407 e. The first-order valence-corrected chi connectivity index (χ1v) is 12.2. The molecule has 4 rings (SSSR count). The third-order valence-electron chi connectivity index (χ3n) is 6.84. The number of fused-ring (bicyclic) bond motifs is 1. The van der Waals surface area contributed by atoms with Gasteiger partial charge in [0, 0.05) is 35.8 Å². The summed E-state index contributed by atoms with van der Waals surface area (Å²) in [7, 11) is 0. The molecule has 188 valence electrons. The minimum atomic E-state index is -0.914. The van der Waals surface area contributed by atoms with Gasteiger partial charge in [0.2, 0.25) is 5.89 Å². The average Bonchev–Trinajstić information content (AvgIpc) is 3.46. The highest BCUT2D eigenvalue weighted by Crippen LogP contribution is 2.37. The molecule has 1 fully saturated rings. The number of likely N-dealkylation sites (tertiary alicyclic amines) is 1. The minimum Gasteiger partial charge on any atom is -0.465 e. The van der Waals surface area contributed by atoms with Gasteiger partial charge >= 0.3 is 6.09 Å². The second-order valence-corrected chi connectivity index (χ2v) is 10.8. The lowest BCUT2D eigenvalue weighted by atomic mass is 9.79. The zero-order valence-electron chi connectivity index (χ0n) is 21.3. The van der Waals surface area contributed by atoms with Crippen molar-refractivity contribution in [3.8, 4) is 17.5 Å². The summed E-state index contributed by atoms with van der Waals surface area (Å²) in [5.41, 5.74) is 3.79. The number of rotatable bonds is 5. The Morgan fingerprint density at radius 2 is 1.94 bits per heavy atom. The molecule has 2 amide bonds. The fraction of sp³-hybridized carbons (Fsp3) is 0.429. The number of aromatic nitrogens is 1. The van der Waals surface area contributed by atoms with Gasteiger partial charge in [-0.15, -0.1) is 0 Å². The van der Waals surface area contributed by atoms with E-state index in [0.29, 0.717) is 41.2 Å². The highest BCUT2D eigenvalue weighted by atomic mass is 16.4. The Bertz CT molecular complexity index is 1330. The molecule has 1 aliphatic rings. The third-order valence-corrected chi connectivity index (χ3v) is 6.84. The van der Waals surface area contributed by atoms with Gasteiger partial charge in [-0.2, -0.15) is 5.26 Å². The van der Waals surface area contributed by atoms with Crippen molar-refractivity contribution in [2.45, 2.75) is 53.0 Å². The molecule has 8 heteroatoms. The van der Waals surface area contributed by atoms with Gasteiger partial charge in [-0.3, -0.25) is 4.79 Å². The van der Waals surface area contributed by atoms with Crippen LogP contribution in [0.15, 0.2) is 40.8 Å². The molecule has 3 aromatic rings. The van der Waals surface area contributed by atoms with Gasteiger partial charge in [0.1, 0.15) is 5.52 Å². The Labute approximate surface area is 210 Å². The summed E-state index contributed by atoms with van der Waals surface area (Å²) in [5, 5.41) is 21.9. The van der Waals surface area contributed by atoms with Crippen LogP contribution in [-0.2, 0) is 0 Å². The molecule has 2 aromatic carbocycles. The van der Waals surface area contributed by atoms with Crippen molar-refractivity contribution in [2.24, 2.45) is 11.3 Å². The van der Waals surface area contributed by atoms with Crippen molar-refractivity contribution in [3.63, 3.8) is 0 Å². The monoisotopic (exact) mass is 488 g/mol. The van der Waals surface area contributed by atoms with Crippen LogP contribution in [0.5, 0.6) is 0 Å². The largest absolute Gasteiger partial charge is 0.465 e. The fourth-order valence-corrected chi connectivity index (χ4v) is 5.22. The van der Waals surface area contributed by atoms with Crippen LogP contribution in [0.2, 0.25) is 0 Å². The first kappa shape index (κ1) is 25.2. The number of nitrogens with one attached hydrogen (secondary N) is 1. The fourth-order valence-electron chi connectivity index (χ4n) is 5.22. The zero-order chi connectivity index (χ0) is 26.2. The maximum absolute atomic E-state index is 12.8. The molecule has 1 aliphatic heterocycles. The van der Waals surface area contributed by atoms with Crippen molar-refractivity contribution in [1.82, 2.24) is 15.2 Å². The number of nitriles is 1. The van der Waals surface area contributed by atoms with Gasteiger partial charge in [0.15, 0.2) is 5.58 Å². The van der Waals surface area contributed by atoms with Gasteiger partial charge in [0.05, 0.1) is 11.6 Å². The molecule has 0 radical (unpaired) electrons. The number of hydrogen-bond donors (Lipinski definition) is 2. The Hall–Kier alpha value is -3.86. The summed E-state index contributed by atoms with van der Waals surface area (Å²) < 4.78 is 6.06. The zero-order valence-corrected chi connectivity index (χ0v) is 21.3. The molecule has 36 heavy (non-hydrogen) atoms. The van der Waals surface area contributed by atoms with Crippen molar-refractivity contribution in [2.75, 3.05) is 13.1 Å². The molecule has 0 bridgehead atoms. The van der Waals surface area contributed by atoms with E-state index in [1.165, 1.54) is 4.90 Å². The van der Waals surface area contributed by atoms with E-state index >= 15 is 0 Å². The molecule has 1 saturated heterocycles. The molecule has 2 N–H and O–H groups in total. The highest BCUT2D eigenvalue weighted by Gasteiger charge is 2.43. The van der Waals surface area contributed by atoms with E-state index in [1.807, 2.05) is 40.7 Å². The second-order valence-electron chi connectivity index (χ2n) is 10.8. The van der Waals surface area contributed by atoms with Crippen LogP contribution in [0.1, 0.15) is 68.4 Å². The van der Waals surface area contributed by atoms with Gasteiger partial charge in [-0.05, 0) is 60.1 Å². The van der Waals surface area contributed by atoms with E-state index < -0.39 is 6.09 Å². The molecule has 0 aliphatic carbocycles. The molecule has 0 spiro atoms. The number of carboxylic acid groups (broad SMARTS) is 1. The van der Waals surface area contributed by atoms with E-state index in [0.717, 1.165) is 17.5 Å². The summed E-state index contributed by atoms with van der Waals surface area (Å²) in [4.78, 5) is 30.6. The maximum atomic E-state index is 12.8. The van der Waals surface area contributed by atoms with Crippen LogP contribution in [0, 0.1) is 22.7 Å². The van der Waals surface area contributed by atoms with Crippen molar-refractivity contribution in [3.05, 3.63) is 53.1 Å². The lowest BCUT2D eigenvalue weighted by Gasteiger charge is -2.37. The predicted octanol–water partition coefficient (Wildman–Crippen LogP) is 5.63. The van der Waals surface area contributed by atoms with Crippen LogP contribution in [0.25, 0.3) is 22.6 Å². The highest BCUT2D eigenvalue weighted by molar-refractivity contribution is 5.94. The average molecular weight is 489 g/mol. The van der Waals surface area contributed by atoms with Crippen LogP contribution < -0.4 is 5.32 Å². The lowest BCUT2D eigenvalue weighted by molar-refractivity contribution is 0.0857. The first-order chi connectivity index (χ1) is 17.0. The topological polar surface area (TPSA) is 119 Å². The number of hydrogen-bond acceptors (Lipinski definition) is 5. The van der Waals surface area contributed by atoms with Crippen LogP contribution in [0.4, 0.5) is 4.79 Å². The first-order valence-electron chi connectivity index (χ1n) is 12.2. The number of nitrogens with zero attached hydrogens (tertiary/aromatic N) is 3. The van der Waals surface area contributed by atoms with Gasteiger partial charge in [-0.25, -0.2) is 9.78 Å². The molecular weight excluding hydrogens is 456 g/mol. The van der Waals surface area contributed by atoms with E-state index in [4.69, 9.17) is 4.42 Å². The van der Waals surface area contributed by atoms with Crippen LogP contribution in [-0.4, -0.2) is 46.1 Å². The van der Waals surface area contributed by atoms with E-state index in [1.54, 1.807) is 30.3 Å². The van der Waals surface area contributed by atoms with E-state index in [-0.39, 0.29) is 29.2 Å². The summed E-state index contributed by atoms with van der Waals surface area (Å²) in [6.07, 6.45) is -0.195. The van der Waals surface area contributed by atoms with Gasteiger partial charge < -0.3 is 19.7 Å².